The quantitative estimate of drug-likeness (QED) is 0.134. The van der Waals surface area contributed by atoms with E-state index in [9.17, 15) is 33.9 Å². The van der Waals surface area contributed by atoms with E-state index in [0.717, 1.165) is 0 Å². The fourth-order valence-corrected chi connectivity index (χ4v) is 2.71. The van der Waals surface area contributed by atoms with Crippen molar-refractivity contribution in [1.82, 2.24) is 16.0 Å². The summed E-state index contributed by atoms with van der Waals surface area (Å²) in [4.78, 5) is 69.8. The number of nitrogens with one attached hydrogen (secondary N) is 3. The molecule has 0 fully saturated rings. The van der Waals surface area contributed by atoms with Crippen LogP contribution in [0.2, 0.25) is 0 Å². The summed E-state index contributed by atoms with van der Waals surface area (Å²) in [6.45, 7) is -0.471. The third-order valence-electron chi connectivity index (χ3n) is 3.75. The summed E-state index contributed by atoms with van der Waals surface area (Å²) in [6, 6.07) is -4.10. The van der Waals surface area contributed by atoms with Crippen LogP contribution < -0.4 is 27.4 Å². The minimum absolute atomic E-state index is 0.110. The van der Waals surface area contributed by atoms with Gasteiger partial charge in [-0.15, -0.1) is 0 Å². The number of primary amides is 1. The average molecular weight is 449 g/mol. The van der Waals surface area contributed by atoms with Crippen molar-refractivity contribution in [2.45, 2.75) is 43.8 Å². The number of rotatable bonds is 15. The summed E-state index contributed by atoms with van der Waals surface area (Å²) in [6.07, 6.45) is 0.423. The molecule has 0 aromatic rings. The van der Waals surface area contributed by atoms with Gasteiger partial charge >= 0.3 is 11.9 Å². The van der Waals surface area contributed by atoms with Crippen molar-refractivity contribution >= 4 is 47.3 Å². The smallest absolute Gasteiger partial charge is 0.326 e. The summed E-state index contributed by atoms with van der Waals surface area (Å²) in [5.74, 6) is -5.66. The second-order valence-electron chi connectivity index (χ2n) is 6.17. The minimum atomic E-state index is -1.44. The van der Waals surface area contributed by atoms with E-state index in [-0.39, 0.29) is 12.8 Å². The summed E-state index contributed by atoms with van der Waals surface area (Å²) in [5, 5.41) is 24.8. The zero-order valence-corrected chi connectivity index (χ0v) is 17.2. The van der Waals surface area contributed by atoms with Gasteiger partial charge in [-0.3, -0.25) is 24.0 Å². The van der Waals surface area contributed by atoms with E-state index in [1.165, 1.54) is 11.8 Å². The van der Waals surface area contributed by atoms with E-state index in [2.05, 4.69) is 16.0 Å². The van der Waals surface area contributed by atoms with E-state index in [4.69, 9.17) is 16.6 Å². The van der Waals surface area contributed by atoms with Gasteiger partial charge in [-0.1, -0.05) is 0 Å². The van der Waals surface area contributed by atoms with Gasteiger partial charge in [-0.2, -0.15) is 11.8 Å². The average Bonchev–Trinajstić information content (AvgIpc) is 2.66. The van der Waals surface area contributed by atoms with Crippen LogP contribution in [0.5, 0.6) is 0 Å². The molecular formula is C16H27N5O8S. The molecule has 3 unspecified atom stereocenters. The van der Waals surface area contributed by atoms with E-state index < -0.39 is 73.1 Å². The molecule has 14 heteroatoms. The van der Waals surface area contributed by atoms with Crippen molar-refractivity contribution in [2.75, 3.05) is 18.6 Å². The first-order valence-corrected chi connectivity index (χ1v) is 10.2. The van der Waals surface area contributed by atoms with Crippen molar-refractivity contribution in [3.8, 4) is 0 Å². The van der Waals surface area contributed by atoms with Crippen LogP contribution in [0.3, 0.4) is 0 Å². The Bertz CT molecular complexity index is 660. The lowest BCUT2D eigenvalue weighted by molar-refractivity contribution is -0.143. The fraction of sp³-hybridized carbons (Fsp3) is 0.625. The molecule has 0 heterocycles. The zero-order chi connectivity index (χ0) is 23.3. The Hall–Kier alpha value is -2.87. The van der Waals surface area contributed by atoms with Crippen LogP contribution in [0.4, 0.5) is 0 Å². The Morgan fingerprint density at radius 2 is 1.47 bits per heavy atom. The van der Waals surface area contributed by atoms with Crippen LogP contribution in [0.15, 0.2) is 0 Å². The van der Waals surface area contributed by atoms with Gasteiger partial charge in [0.2, 0.25) is 23.6 Å². The Kier molecular flexibility index (Phi) is 12.8. The molecule has 13 nitrogen and oxygen atoms in total. The van der Waals surface area contributed by atoms with E-state index in [1.807, 2.05) is 0 Å². The molecule has 0 aliphatic heterocycles. The first-order chi connectivity index (χ1) is 14.0. The maximum Gasteiger partial charge on any atom is 0.326 e. The first-order valence-electron chi connectivity index (χ1n) is 8.83. The Labute approximate surface area is 176 Å². The number of carboxylic acid groups (broad SMARTS) is 2. The molecule has 4 amide bonds. The molecule has 0 spiro atoms. The second kappa shape index (κ2) is 14.2. The number of carbonyl (C=O) groups excluding carboxylic acids is 4. The molecule has 9 N–H and O–H groups in total. The van der Waals surface area contributed by atoms with Crippen LogP contribution in [0, 0.1) is 0 Å². The Balaban J connectivity index is 5.40. The first kappa shape index (κ1) is 27.1. The van der Waals surface area contributed by atoms with E-state index in [1.54, 1.807) is 6.26 Å². The maximum absolute atomic E-state index is 12.5. The van der Waals surface area contributed by atoms with Gasteiger partial charge in [-0.05, 0) is 24.9 Å². The summed E-state index contributed by atoms with van der Waals surface area (Å²) in [5.41, 5.74) is 10.2. The van der Waals surface area contributed by atoms with Gasteiger partial charge in [0.25, 0.3) is 0 Å². The third-order valence-corrected chi connectivity index (χ3v) is 4.39. The van der Waals surface area contributed by atoms with Gasteiger partial charge in [-0.25, -0.2) is 4.79 Å². The predicted molar refractivity (Wildman–Crippen MR) is 106 cm³/mol. The van der Waals surface area contributed by atoms with Gasteiger partial charge in [0.15, 0.2) is 0 Å². The van der Waals surface area contributed by atoms with Crippen molar-refractivity contribution in [2.24, 2.45) is 11.5 Å². The number of hydrogen-bond donors (Lipinski definition) is 7. The van der Waals surface area contributed by atoms with Crippen LogP contribution in [-0.4, -0.2) is 82.5 Å². The van der Waals surface area contributed by atoms with Crippen LogP contribution in [-0.2, 0) is 28.8 Å². The lowest BCUT2D eigenvalue weighted by Crippen LogP contribution is -2.56. The molecule has 0 aliphatic carbocycles. The topological polar surface area (TPSA) is 231 Å². The molecule has 30 heavy (non-hydrogen) atoms. The molecule has 170 valence electrons. The van der Waals surface area contributed by atoms with Crippen LogP contribution in [0.25, 0.3) is 0 Å². The normalized spacial score (nSPS) is 13.4. The molecule has 0 saturated carbocycles. The van der Waals surface area contributed by atoms with Crippen molar-refractivity contribution in [3.63, 3.8) is 0 Å². The number of nitrogens with two attached hydrogens (primary N) is 2. The molecule has 0 bridgehead atoms. The minimum Gasteiger partial charge on any atom is -0.481 e. The number of hydrogen-bond acceptors (Lipinski definition) is 8. The molecule has 0 radical (unpaired) electrons. The highest BCUT2D eigenvalue weighted by Gasteiger charge is 2.30. The van der Waals surface area contributed by atoms with Gasteiger partial charge in [0.1, 0.15) is 18.1 Å². The molecule has 0 saturated heterocycles. The third kappa shape index (κ3) is 11.2. The number of carboxylic acids is 2. The van der Waals surface area contributed by atoms with Crippen LogP contribution in [0.1, 0.15) is 25.7 Å². The molecule has 0 rings (SSSR count). The van der Waals surface area contributed by atoms with Gasteiger partial charge < -0.3 is 37.6 Å². The van der Waals surface area contributed by atoms with Crippen molar-refractivity contribution in [1.29, 1.82) is 0 Å². The largest absolute Gasteiger partial charge is 0.481 e. The highest BCUT2D eigenvalue weighted by Crippen LogP contribution is 2.05. The van der Waals surface area contributed by atoms with Gasteiger partial charge in [0, 0.05) is 6.42 Å². The van der Waals surface area contributed by atoms with Crippen LogP contribution >= 0.6 is 11.8 Å². The molecular weight excluding hydrogens is 422 g/mol. The Morgan fingerprint density at radius 1 is 0.900 bits per heavy atom. The second-order valence-corrected chi connectivity index (χ2v) is 7.15. The number of carbonyl (C=O) groups is 6. The van der Waals surface area contributed by atoms with E-state index >= 15 is 0 Å². The number of thioether (sulfide) groups is 1. The number of amides is 4. The molecule has 0 aromatic heterocycles. The number of aliphatic carboxylic acids is 2. The van der Waals surface area contributed by atoms with Gasteiger partial charge in [0.05, 0.1) is 13.0 Å². The maximum atomic E-state index is 12.5. The van der Waals surface area contributed by atoms with Crippen molar-refractivity contribution < 1.29 is 39.0 Å². The monoisotopic (exact) mass is 449 g/mol. The lowest BCUT2D eigenvalue weighted by atomic mass is 10.1. The summed E-state index contributed by atoms with van der Waals surface area (Å²) < 4.78 is 0. The highest BCUT2D eigenvalue weighted by molar-refractivity contribution is 7.98. The van der Waals surface area contributed by atoms with Crippen molar-refractivity contribution in [3.05, 3.63) is 0 Å². The SMILES string of the molecule is CSCCC(NC(=O)C(CCC(=O)O)NC(=O)C(CC(N)=O)NC(=O)CN)C(=O)O. The zero-order valence-electron chi connectivity index (χ0n) is 16.4. The Morgan fingerprint density at radius 3 is 1.93 bits per heavy atom. The fourth-order valence-electron chi connectivity index (χ4n) is 2.24. The van der Waals surface area contributed by atoms with E-state index in [0.29, 0.717) is 5.75 Å². The highest BCUT2D eigenvalue weighted by atomic mass is 32.2. The summed E-state index contributed by atoms with van der Waals surface area (Å²) >= 11 is 1.37. The summed E-state index contributed by atoms with van der Waals surface area (Å²) in [7, 11) is 0. The lowest BCUT2D eigenvalue weighted by Gasteiger charge is -2.23. The standard InChI is InChI=1S/C16H27N5O8S/c1-30-5-4-9(16(28)29)21-14(26)8(2-3-13(24)25)20-15(27)10(6-11(18)22)19-12(23)7-17/h8-10H,2-7,17H2,1H3,(H2,18,22)(H,19,23)(H,20,27)(H,21,26)(H,24,25)(H,28,29). The molecule has 0 aliphatic rings. The predicted octanol–water partition coefficient (Wildman–Crippen LogP) is -3.02. The molecule has 0 aromatic carbocycles. The molecule has 3 atom stereocenters.